The summed E-state index contributed by atoms with van der Waals surface area (Å²) in [6.45, 7) is -0.397. The highest BCUT2D eigenvalue weighted by molar-refractivity contribution is 7.89. The summed E-state index contributed by atoms with van der Waals surface area (Å²) in [5.74, 6) is 0. The van der Waals surface area contributed by atoms with Crippen molar-refractivity contribution < 1.29 is 21.6 Å². The van der Waals surface area contributed by atoms with Crippen molar-refractivity contribution in [2.45, 2.75) is 24.0 Å². The Kier molecular flexibility index (Phi) is 4.76. The summed E-state index contributed by atoms with van der Waals surface area (Å²) in [5, 5.41) is 1.38. The van der Waals surface area contributed by atoms with E-state index >= 15 is 0 Å². The highest BCUT2D eigenvalue weighted by atomic mass is 32.2. The Morgan fingerprint density at radius 2 is 2.06 bits per heavy atom. The number of sulfonamides is 1. The van der Waals surface area contributed by atoms with Crippen molar-refractivity contribution in [2.24, 2.45) is 5.73 Å². The van der Waals surface area contributed by atoms with Gasteiger partial charge in [0.15, 0.2) is 0 Å². The van der Waals surface area contributed by atoms with E-state index in [1.54, 1.807) is 0 Å². The number of alkyl halides is 3. The van der Waals surface area contributed by atoms with E-state index < -0.39 is 29.2 Å². The first-order valence-corrected chi connectivity index (χ1v) is 7.29. The first-order valence-electron chi connectivity index (χ1n) is 4.97. The highest BCUT2D eigenvalue weighted by Gasteiger charge is 2.30. The molecule has 0 unspecified atom stereocenters. The molecule has 18 heavy (non-hydrogen) atoms. The van der Waals surface area contributed by atoms with Crippen LogP contribution >= 0.6 is 11.3 Å². The lowest BCUT2D eigenvalue weighted by molar-refractivity contribution is -0.135. The lowest BCUT2D eigenvalue weighted by Crippen LogP contribution is -2.30. The molecule has 0 radical (unpaired) electrons. The molecule has 0 aliphatic carbocycles. The number of rotatable bonds is 5. The van der Waals surface area contributed by atoms with Gasteiger partial charge in [0.2, 0.25) is 10.0 Å². The van der Waals surface area contributed by atoms with Crippen LogP contribution in [0.25, 0.3) is 0 Å². The van der Waals surface area contributed by atoms with Crippen molar-refractivity contribution in [3.63, 3.8) is 0 Å². The molecule has 1 aromatic rings. The first kappa shape index (κ1) is 15.4. The molecule has 2 N–H and O–H groups in total. The summed E-state index contributed by atoms with van der Waals surface area (Å²) in [6, 6.07) is 1.38. The fourth-order valence-corrected chi connectivity index (χ4v) is 3.50. The topological polar surface area (TPSA) is 63.4 Å². The summed E-state index contributed by atoms with van der Waals surface area (Å²) in [4.78, 5) is 0.649. The molecule has 0 bridgehead atoms. The highest BCUT2D eigenvalue weighted by Crippen LogP contribution is 2.24. The molecular formula is C9H13F3N2O2S2. The van der Waals surface area contributed by atoms with Crippen LogP contribution in [-0.4, -0.2) is 32.5 Å². The number of halogens is 3. The fraction of sp³-hybridized carbons (Fsp3) is 0.556. The summed E-state index contributed by atoms with van der Waals surface area (Å²) < 4.78 is 60.6. The van der Waals surface area contributed by atoms with Gasteiger partial charge < -0.3 is 5.73 Å². The van der Waals surface area contributed by atoms with Crippen molar-refractivity contribution >= 4 is 21.4 Å². The summed E-state index contributed by atoms with van der Waals surface area (Å²) in [5.41, 5.74) is 5.35. The molecule has 1 aromatic heterocycles. The average Bonchev–Trinajstić information content (AvgIpc) is 2.73. The SMILES string of the molecule is CN(CCC(F)(F)F)S(=O)(=O)c1csc(CN)c1. The van der Waals surface area contributed by atoms with Gasteiger partial charge in [0.25, 0.3) is 0 Å². The molecular weight excluding hydrogens is 289 g/mol. The van der Waals surface area contributed by atoms with Crippen molar-refractivity contribution in [1.82, 2.24) is 4.31 Å². The Bertz CT molecular complexity index is 496. The summed E-state index contributed by atoms with van der Waals surface area (Å²) in [7, 11) is -2.74. The minimum absolute atomic E-state index is 0.0161. The van der Waals surface area contributed by atoms with Gasteiger partial charge in [-0.05, 0) is 6.07 Å². The van der Waals surface area contributed by atoms with E-state index in [9.17, 15) is 21.6 Å². The molecule has 1 rings (SSSR count). The van der Waals surface area contributed by atoms with Crippen LogP contribution in [0, 0.1) is 0 Å². The van der Waals surface area contributed by atoms with Crippen LogP contribution in [0.3, 0.4) is 0 Å². The van der Waals surface area contributed by atoms with Crippen molar-refractivity contribution in [3.8, 4) is 0 Å². The molecule has 1 heterocycles. The maximum absolute atomic E-state index is 12.0. The maximum atomic E-state index is 12.0. The van der Waals surface area contributed by atoms with E-state index in [2.05, 4.69) is 0 Å². The zero-order valence-corrected chi connectivity index (χ0v) is 11.2. The van der Waals surface area contributed by atoms with Gasteiger partial charge in [-0.2, -0.15) is 13.2 Å². The van der Waals surface area contributed by atoms with Gasteiger partial charge in [0.1, 0.15) is 0 Å². The molecule has 0 aliphatic heterocycles. The van der Waals surface area contributed by atoms with E-state index in [4.69, 9.17) is 5.73 Å². The molecule has 9 heteroatoms. The second kappa shape index (κ2) is 5.55. The normalized spacial score (nSPS) is 13.2. The van der Waals surface area contributed by atoms with Gasteiger partial charge >= 0.3 is 6.18 Å². The van der Waals surface area contributed by atoms with Crippen LogP contribution in [0.15, 0.2) is 16.3 Å². The molecule has 0 spiro atoms. The van der Waals surface area contributed by atoms with Gasteiger partial charge in [-0.25, -0.2) is 12.7 Å². The van der Waals surface area contributed by atoms with Gasteiger partial charge in [0, 0.05) is 30.4 Å². The zero-order valence-electron chi connectivity index (χ0n) is 9.57. The van der Waals surface area contributed by atoms with E-state index in [0.29, 0.717) is 9.18 Å². The first-order chi connectivity index (χ1) is 8.16. The standard InChI is InChI=1S/C9H13F3N2O2S2/c1-14(3-2-9(10,11)12)18(15,16)8-4-7(5-13)17-6-8/h4,6H,2-3,5,13H2,1H3. The number of nitrogens with zero attached hydrogens (tertiary/aromatic N) is 1. The van der Waals surface area contributed by atoms with Gasteiger partial charge in [-0.3, -0.25) is 0 Å². The quantitative estimate of drug-likeness (QED) is 0.902. The van der Waals surface area contributed by atoms with Crippen molar-refractivity contribution in [2.75, 3.05) is 13.6 Å². The molecule has 0 atom stereocenters. The van der Waals surface area contributed by atoms with E-state index in [0.717, 1.165) is 18.4 Å². The number of hydrogen-bond acceptors (Lipinski definition) is 4. The number of nitrogens with two attached hydrogens (primary N) is 1. The predicted molar refractivity (Wildman–Crippen MR) is 62.7 cm³/mol. The van der Waals surface area contributed by atoms with Crippen LogP contribution in [0.2, 0.25) is 0 Å². The minimum Gasteiger partial charge on any atom is -0.326 e. The Morgan fingerprint density at radius 3 is 2.50 bits per heavy atom. The molecule has 0 saturated carbocycles. The molecule has 0 aliphatic rings. The number of hydrogen-bond donors (Lipinski definition) is 1. The fourth-order valence-electron chi connectivity index (χ4n) is 1.19. The third-order valence-electron chi connectivity index (χ3n) is 2.25. The Labute approximate surface area is 107 Å². The Hall–Kier alpha value is -0.640. The predicted octanol–water partition coefficient (Wildman–Crippen LogP) is 1.78. The van der Waals surface area contributed by atoms with Gasteiger partial charge in [-0.15, -0.1) is 11.3 Å². The largest absolute Gasteiger partial charge is 0.390 e. The average molecular weight is 302 g/mol. The summed E-state index contributed by atoms with van der Waals surface area (Å²) in [6.07, 6.45) is -5.54. The third-order valence-corrected chi connectivity index (χ3v) is 5.19. The van der Waals surface area contributed by atoms with Crippen molar-refractivity contribution in [1.29, 1.82) is 0 Å². The summed E-state index contributed by atoms with van der Waals surface area (Å²) >= 11 is 1.16. The van der Waals surface area contributed by atoms with Gasteiger partial charge in [0.05, 0.1) is 11.3 Å². The smallest absolute Gasteiger partial charge is 0.326 e. The van der Waals surface area contributed by atoms with Crippen LogP contribution in [-0.2, 0) is 16.6 Å². The van der Waals surface area contributed by atoms with E-state index in [-0.39, 0.29) is 11.4 Å². The van der Waals surface area contributed by atoms with E-state index in [1.165, 1.54) is 11.4 Å². The Balaban J connectivity index is 2.80. The van der Waals surface area contributed by atoms with Crippen molar-refractivity contribution in [3.05, 3.63) is 16.3 Å². The van der Waals surface area contributed by atoms with E-state index in [1.807, 2.05) is 0 Å². The minimum atomic E-state index is -4.37. The van der Waals surface area contributed by atoms with Crippen LogP contribution in [0.4, 0.5) is 13.2 Å². The van der Waals surface area contributed by atoms with Crippen LogP contribution in [0.1, 0.15) is 11.3 Å². The monoisotopic (exact) mass is 302 g/mol. The molecule has 4 nitrogen and oxygen atoms in total. The third kappa shape index (κ3) is 3.94. The van der Waals surface area contributed by atoms with Gasteiger partial charge in [-0.1, -0.05) is 0 Å². The second-order valence-corrected chi connectivity index (χ2v) is 6.69. The molecule has 0 saturated heterocycles. The maximum Gasteiger partial charge on any atom is 0.390 e. The molecule has 0 amide bonds. The molecule has 0 aromatic carbocycles. The Morgan fingerprint density at radius 1 is 1.44 bits per heavy atom. The lowest BCUT2D eigenvalue weighted by atomic mass is 10.4. The van der Waals surface area contributed by atoms with Crippen LogP contribution in [0.5, 0.6) is 0 Å². The zero-order chi connectivity index (χ0) is 14.0. The number of thiophene rings is 1. The molecule has 104 valence electrons. The molecule has 0 fully saturated rings. The van der Waals surface area contributed by atoms with Crippen LogP contribution < -0.4 is 5.73 Å². The lowest BCUT2D eigenvalue weighted by Gasteiger charge is -2.17. The second-order valence-electron chi connectivity index (χ2n) is 3.64.